The lowest BCUT2D eigenvalue weighted by Crippen LogP contribution is -2.52. The second kappa shape index (κ2) is 5.37. The molecule has 0 aromatic rings. The highest BCUT2D eigenvalue weighted by Crippen LogP contribution is 2.22. The van der Waals surface area contributed by atoms with Crippen molar-refractivity contribution >= 4 is 29.1 Å². The van der Waals surface area contributed by atoms with E-state index in [1.54, 1.807) is 0 Å². The van der Waals surface area contributed by atoms with Crippen LogP contribution in [0.4, 0.5) is 0 Å². The maximum absolute atomic E-state index is 11.9. The smallest absolute Gasteiger partial charge is 0.226 e. The van der Waals surface area contributed by atoms with Gasteiger partial charge in [0.1, 0.15) is 0 Å². The van der Waals surface area contributed by atoms with E-state index in [4.69, 9.17) is 27.9 Å². The summed E-state index contributed by atoms with van der Waals surface area (Å²) in [6, 6.07) is 0. The highest BCUT2D eigenvalue weighted by Gasteiger charge is 2.34. The molecule has 1 rings (SSSR count). The fraction of sp³-hybridized carbons (Fsp3) is 0.900. The molecule has 0 spiro atoms. The molecule has 88 valence electrons. The normalized spacial score (nSPS) is 26.7. The zero-order valence-corrected chi connectivity index (χ0v) is 10.6. The summed E-state index contributed by atoms with van der Waals surface area (Å²) >= 11 is 11.5. The lowest BCUT2D eigenvalue weighted by atomic mass is 9.99. The van der Waals surface area contributed by atoms with E-state index in [9.17, 15) is 4.79 Å². The molecule has 1 fully saturated rings. The van der Waals surface area contributed by atoms with Crippen molar-refractivity contribution in [2.24, 2.45) is 5.92 Å². The molecule has 2 unspecified atom stereocenters. The molecule has 1 aliphatic rings. The first-order chi connectivity index (χ1) is 7.02. The third-order valence-electron chi connectivity index (χ3n) is 2.73. The molecule has 1 amide bonds. The fourth-order valence-corrected chi connectivity index (χ4v) is 1.99. The molecular formula is C10H17Cl2NO2. The highest BCUT2D eigenvalue weighted by atomic mass is 35.5. The Morgan fingerprint density at radius 1 is 1.53 bits per heavy atom. The summed E-state index contributed by atoms with van der Waals surface area (Å²) in [7, 11) is 0. The van der Waals surface area contributed by atoms with Gasteiger partial charge in [-0.3, -0.25) is 4.79 Å². The van der Waals surface area contributed by atoms with Crippen molar-refractivity contribution in [2.45, 2.75) is 31.9 Å². The molecular weight excluding hydrogens is 237 g/mol. The standard InChI is InChI=1S/C10H17Cl2NO2/c1-7-8(3-4-15-7)9(14)13-10(2,5-11)6-12/h7-8H,3-6H2,1-2H3,(H,13,14). The summed E-state index contributed by atoms with van der Waals surface area (Å²) < 4.78 is 5.34. The van der Waals surface area contributed by atoms with Crippen LogP contribution >= 0.6 is 23.2 Å². The maximum atomic E-state index is 11.9. The van der Waals surface area contributed by atoms with Crippen LogP contribution in [0.25, 0.3) is 0 Å². The maximum Gasteiger partial charge on any atom is 0.226 e. The first kappa shape index (κ1) is 13.1. The number of hydrogen-bond donors (Lipinski definition) is 1. The van der Waals surface area contributed by atoms with E-state index in [1.807, 2.05) is 13.8 Å². The van der Waals surface area contributed by atoms with Gasteiger partial charge in [-0.05, 0) is 20.3 Å². The third-order valence-corrected chi connectivity index (χ3v) is 3.91. The minimum atomic E-state index is -0.525. The van der Waals surface area contributed by atoms with Crippen molar-refractivity contribution in [3.8, 4) is 0 Å². The van der Waals surface area contributed by atoms with Gasteiger partial charge in [-0.2, -0.15) is 0 Å². The van der Waals surface area contributed by atoms with Crippen molar-refractivity contribution in [1.29, 1.82) is 0 Å². The minimum Gasteiger partial charge on any atom is -0.378 e. The zero-order chi connectivity index (χ0) is 11.5. The van der Waals surface area contributed by atoms with Crippen molar-refractivity contribution in [1.82, 2.24) is 5.32 Å². The van der Waals surface area contributed by atoms with Gasteiger partial charge < -0.3 is 10.1 Å². The molecule has 3 nitrogen and oxygen atoms in total. The largest absolute Gasteiger partial charge is 0.378 e. The number of carbonyl (C=O) groups is 1. The van der Waals surface area contributed by atoms with Gasteiger partial charge in [-0.25, -0.2) is 0 Å². The van der Waals surface area contributed by atoms with E-state index in [1.165, 1.54) is 0 Å². The van der Waals surface area contributed by atoms with Gasteiger partial charge in [-0.1, -0.05) is 0 Å². The van der Waals surface area contributed by atoms with E-state index in [0.29, 0.717) is 18.4 Å². The quantitative estimate of drug-likeness (QED) is 0.776. The second-order valence-electron chi connectivity index (χ2n) is 4.29. The Labute approximate surface area is 100 Å². The molecule has 0 saturated carbocycles. The van der Waals surface area contributed by atoms with Crippen LogP contribution in [0.2, 0.25) is 0 Å². The van der Waals surface area contributed by atoms with Gasteiger partial charge in [0, 0.05) is 18.4 Å². The van der Waals surface area contributed by atoms with E-state index in [2.05, 4.69) is 5.32 Å². The highest BCUT2D eigenvalue weighted by molar-refractivity contribution is 6.22. The van der Waals surface area contributed by atoms with Crippen LogP contribution in [0.1, 0.15) is 20.3 Å². The van der Waals surface area contributed by atoms with Crippen molar-refractivity contribution in [3.63, 3.8) is 0 Å². The molecule has 1 N–H and O–H groups in total. The summed E-state index contributed by atoms with van der Waals surface area (Å²) in [4.78, 5) is 11.9. The number of hydrogen-bond acceptors (Lipinski definition) is 2. The van der Waals surface area contributed by atoms with E-state index >= 15 is 0 Å². The lowest BCUT2D eigenvalue weighted by molar-refractivity contribution is -0.127. The summed E-state index contributed by atoms with van der Waals surface area (Å²) in [6.07, 6.45) is 0.757. The molecule has 5 heteroatoms. The molecule has 2 atom stereocenters. The number of halogens is 2. The van der Waals surface area contributed by atoms with Gasteiger partial charge in [-0.15, -0.1) is 23.2 Å². The molecule has 1 aliphatic heterocycles. The van der Waals surface area contributed by atoms with Crippen LogP contribution in [0.3, 0.4) is 0 Å². The Hall–Kier alpha value is 0.01000. The minimum absolute atomic E-state index is 0.0104. The fourth-order valence-electron chi connectivity index (χ4n) is 1.57. The average Bonchev–Trinajstić information content (AvgIpc) is 2.64. The topological polar surface area (TPSA) is 38.3 Å². The predicted octanol–water partition coefficient (Wildman–Crippen LogP) is 1.76. The monoisotopic (exact) mass is 253 g/mol. The van der Waals surface area contributed by atoms with Crippen LogP contribution in [0.15, 0.2) is 0 Å². The van der Waals surface area contributed by atoms with Crippen LogP contribution in [0, 0.1) is 5.92 Å². The van der Waals surface area contributed by atoms with Crippen LogP contribution < -0.4 is 5.32 Å². The first-order valence-corrected chi connectivity index (χ1v) is 6.15. The molecule has 0 aromatic carbocycles. The Balaban J connectivity index is 2.54. The second-order valence-corrected chi connectivity index (χ2v) is 4.82. The number of nitrogens with one attached hydrogen (secondary N) is 1. The molecule has 1 heterocycles. The zero-order valence-electron chi connectivity index (χ0n) is 9.06. The summed E-state index contributed by atoms with van der Waals surface area (Å²) in [5, 5.41) is 2.88. The Bertz CT molecular complexity index is 231. The van der Waals surface area contributed by atoms with Gasteiger partial charge in [0.15, 0.2) is 0 Å². The predicted molar refractivity (Wildman–Crippen MR) is 61.5 cm³/mol. The summed E-state index contributed by atoms with van der Waals surface area (Å²) in [6.45, 7) is 4.40. The molecule has 1 saturated heterocycles. The Kier molecular flexibility index (Phi) is 4.68. The molecule has 0 aliphatic carbocycles. The molecule has 15 heavy (non-hydrogen) atoms. The number of carbonyl (C=O) groups excluding carboxylic acids is 1. The van der Waals surface area contributed by atoms with Crippen molar-refractivity contribution < 1.29 is 9.53 Å². The van der Waals surface area contributed by atoms with Crippen LogP contribution in [-0.4, -0.2) is 35.9 Å². The summed E-state index contributed by atoms with van der Waals surface area (Å²) in [5.41, 5.74) is -0.525. The van der Waals surface area contributed by atoms with Crippen molar-refractivity contribution in [3.05, 3.63) is 0 Å². The number of alkyl halides is 2. The van der Waals surface area contributed by atoms with Crippen LogP contribution in [0.5, 0.6) is 0 Å². The van der Waals surface area contributed by atoms with Crippen molar-refractivity contribution in [2.75, 3.05) is 18.4 Å². The van der Waals surface area contributed by atoms with Gasteiger partial charge >= 0.3 is 0 Å². The number of rotatable bonds is 4. The number of amides is 1. The summed E-state index contributed by atoms with van der Waals surface area (Å²) in [5.74, 6) is 0.536. The molecule has 0 radical (unpaired) electrons. The van der Waals surface area contributed by atoms with E-state index in [0.717, 1.165) is 6.42 Å². The van der Waals surface area contributed by atoms with Crippen LogP contribution in [-0.2, 0) is 9.53 Å². The third kappa shape index (κ3) is 3.23. The Morgan fingerprint density at radius 2 is 2.13 bits per heavy atom. The van der Waals surface area contributed by atoms with Gasteiger partial charge in [0.25, 0.3) is 0 Å². The Morgan fingerprint density at radius 3 is 2.53 bits per heavy atom. The molecule has 0 bridgehead atoms. The molecule has 0 aromatic heterocycles. The number of ether oxygens (including phenoxy) is 1. The van der Waals surface area contributed by atoms with Gasteiger partial charge in [0.2, 0.25) is 5.91 Å². The van der Waals surface area contributed by atoms with E-state index < -0.39 is 5.54 Å². The van der Waals surface area contributed by atoms with E-state index in [-0.39, 0.29) is 17.9 Å². The SMILES string of the molecule is CC1OCCC1C(=O)NC(C)(CCl)CCl. The average molecular weight is 254 g/mol. The van der Waals surface area contributed by atoms with Gasteiger partial charge in [0.05, 0.1) is 17.6 Å². The first-order valence-electron chi connectivity index (χ1n) is 5.08. The lowest BCUT2D eigenvalue weighted by Gasteiger charge is -2.28.